The molecule has 25 heavy (non-hydrogen) atoms. The molecule has 0 radical (unpaired) electrons. The average molecular weight is 402 g/mol. The van der Waals surface area contributed by atoms with Crippen molar-refractivity contribution in [2.45, 2.75) is 57.8 Å². The molecule has 10 heteroatoms. The Hall–Kier alpha value is 0.320. The third-order valence-corrected chi connectivity index (χ3v) is 7.30. The van der Waals surface area contributed by atoms with Crippen molar-refractivity contribution in [2.24, 2.45) is 0 Å². The molecule has 7 nitrogen and oxygen atoms in total. The van der Waals surface area contributed by atoms with Crippen molar-refractivity contribution in [1.29, 1.82) is 0 Å². The molecule has 1 aromatic carbocycles. The van der Waals surface area contributed by atoms with Crippen LogP contribution in [0.4, 0.5) is 0 Å². The summed E-state index contributed by atoms with van der Waals surface area (Å²) in [5.74, 6) is -0.0538. The minimum absolute atomic E-state index is 0. The summed E-state index contributed by atoms with van der Waals surface area (Å²) < 4.78 is 23.3. The monoisotopic (exact) mass is 402 g/mol. The summed E-state index contributed by atoms with van der Waals surface area (Å²) in [5.41, 5.74) is -0.769. The molecular weight excluding hydrogens is 377 g/mol. The quantitative estimate of drug-likeness (QED) is 0.403. The van der Waals surface area contributed by atoms with Crippen molar-refractivity contribution < 1.29 is 63.4 Å². The maximum Gasteiger partial charge on any atom is 1.00 e. The van der Waals surface area contributed by atoms with Gasteiger partial charge in [-0.05, 0) is 27.5 Å². The molecule has 0 saturated carbocycles. The number of rotatable bonds is 3. The van der Waals surface area contributed by atoms with Gasteiger partial charge in [-0.1, -0.05) is 53.7 Å². The second-order valence-corrected chi connectivity index (χ2v) is 11.7. The largest absolute Gasteiger partial charge is 1.00 e. The zero-order chi connectivity index (χ0) is 19.3. The number of phenolic OH excluding ortho intramolecular Hbond substituents is 1. The second kappa shape index (κ2) is 7.75. The van der Waals surface area contributed by atoms with Gasteiger partial charge in [0, 0.05) is 0 Å². The molecule has 1 rings (SSSR count). The van der Waals surface area contributed by atoms with Gasteiger partial charge in [-0.2, -0.15) is 0 Å². The summed E-state index contributed by atoms with van der Waals surface area (Å²) in [5, 5.41) is 8.20. The normalized spacial score (nSPS) is 16.7. The molecule has 0 spiro atoms. The molecule has 0 aliphatic heterocycles. The molecule has 0 heterocycles. The second-order valence-electron chi connectivity index (χ2n) is 7.99. The Morgan fingerprint density at radius 2 is 1.24 bits per heavy atom. The Kier molecular flexibility index (Phi) is 7.85. The summed E-state index contributed by atoms with van der Waals surface area (Å²) in [7, 11) is -10.6. The first kappa shape index (κ1) is 25.3. The standard InChI is InChI=1S/C15H26O7P2.Na/c1-14(2,3)10-7-9(8-11(12(10)16)15(4,5)6)13(23(17,18)19)24(20,21)22;/h7-8,13,16H,1-6H3,(H2,17,18,19)(H2,20,21,22);/q;+1/p-1. The van der Waals surface area contributed by atoms with Gasteiger partial charge in [-0.3, -0.25) is 4.57 Å². The molecular formula is C15H25NaO7P2. The summed E-state index contributed by atoms with van der Waals surface area (Å²) in [4.78, 5) is 39.9. The average Bonchev–Trinajstić information content (AvgIpc) is 2.24. The van der Waals surface area contributed by atoms with E-state index >= 15 is 0 Å². The van der Waals surface area contributed by atoms with Crippen LogP contribution in [0.2, 0.25) is 0 Å². The van der Waals surface area contributed by atoms with Crippen LogP contribution in [0.3, 0.4) is 0 Å². The molecule has 0 saturated heterocycles. The van der Waals surface area contributed by atoms with E-state index in [0.29, 0.717) is 11.1 Å². The van der Waals surface area contributed by atoms with E-state index in [-0.39, 0.29) is 40.9 Å². The van der Waals surface area contributed by atoms with Gasteiger partial charge in [0.2, 0.25) is 0 Å². The van der Waals surface area contributed by atoms with Crippen molar-refractivity contribution in [1.82, 2.24) is 0 Å². The van der Waals surface area contributed by atoms with Crippen LogP contribution in [0, 0.1) is 0 Å². The van der Waals surface area contributed by atoms with Crippen molar-refractivity contribution in [2.75, 3.05) is 0 Å². The van der Waals surface area contributed by atoms with E-state index in [1.54, 1.807) is 41.5 Å². The van der Waals surface area contributed by atoms with E-state index in [1.165, 1.54) is 12.1 Å². The first-order valence-electron chi connectivity index (χ1n) is 7.33. The third-order valence-electron chi connectivity index (χ3n) is 3.67. The molecule has 1 aromatic rings. The van der Waals surface area contributed by atoms with Crippen molar-refractivity contribution in [3.63, 3.8) is 0 Å². The SMILES string of the molecule is CC(C)(C)c1cc(C(P(=O)([O-])O)P(=O)(O)O)cc(C(C)(C)C)c1O.[Na+]. The Morgan fingerprint density at radius 1 is 0.920 bits per heavy atom. The number of benzene rings is 1. The fraction of sp³-hybridized carbons (Fsp3) is 0.600. The molecule has 138 valence electrons. The molecule has 0 bridgehead atoms. The van der Waals surface area contributed by atoms with Gasteiger partial charge in [0.05, 0.1) is 0 Å². The first-order chi connectivity index (χ1) is 10.4. The zero-order valence-electron chi connectivity index (χ0n) is 15.6. The maximum absolute atomic E-state index is 11.7. The van der Waals surface area contributed by atoms with Gasteiger partial charge < -0.3 is 29.2 Å². The van der Waals surface area contributed by atoms with E-state index in [2.05, 4.69) is 0 Å². The molecule has 0 amide bonds. The predicted octanol–water partition coefficient (Wildman–Crippen LogP) is -0.287. The topological polar surface area (TPSA) is 138 Å². The van der Waals surface area contributed by atoms with Gasteiger partial charge in [-0.25, -0.2) is 0 Å². The van der Waals surface area contributed by atoms with Crippen LogP contribution in [0.5, 0.6) is 5.75 Å². The van der Waals surface area contributed by atoms with Crippen LogP contribution in [-0.4, -0.2) is 19.8 Å². The molecule has 0 aromatic heterocycles. The summed E-state index contributed by atoms with van der Waals surface area (Å²) >= 11 is 0. The van der Waals surface area contributed by atoms with Gasteiger partial charge in [0.25, 0.3) is 0 Å². The van der Waals surface area contributed by atoms with Crippen molar-refractivity contribution in [3.8, 4) is 5.75 Å². The van der Waals surface area contributed by atoms with E-state index in [9.17, 15) is 33.8 Å². The van der Waals surface area contributed by atoms with Gasteiger partial charge >= 0.3 is 37.2 Å². The van der Waals surface area contributed by atoms with E-state index in [4.69, 9.17) is 0 Å². The van der Waals surface area contributed by atoms with E-state index in [0.717, 1.165) is 0 Å². The molecule has 0 aliphatic rings. The molecule has 0 aliphatic carbocycles. The Balaban J connectivity index is 0.00000576. The van der Waals surface area contributed by atoms with E-state index in [1.807, 2.05) is 0 Å². The summed E-state index contributed by atoms with van der Waals surface area (Å²) in [6, 6.07) is 2.46. The minimum Gasteiger partial charge on any atom is -0.778 e. The van der Waals surface area contributed by atoms with Crippen LogP contribution in [0.15, 0.2) is 12.1 Å². The van der Waals surface area contributed by atoms with Crippen LogP contribution in [-0.2, 0) is 20.0 Å². The molecule has 4 N–H and O–H groups in total. The third kappa shape index (κ3) is 6.17. The minimum atomic E-state index is -5.37. The Morgan fingerprint density at radius 3 is 1.44 bits per heavy atom. The fourth-order valence-corrected chi connectivity index (χ4v) is 5.11. The Labute approximate surface area is 170 Å². The zero-order valence-corrected chi connectivity index (χ0v) is 19.4. The number of aromatic hydroxyl groups is 1. The summed E-state index contributed by atoms with van der Waals surface area (Å²) in [6.07, 6.45) is 0. The summed E-state index contributed by atoms with van der Waals surface area (Å²) in [6.45, 7) is 10.7. The van der Waals surface area contributed by atoms with Crippen LogP contribution < -0.4 is 34.5 Å². The number of hydrogen-bond acceptors (Lipinski definition) is 4. The van der Waals surface area contributed by atoms with Crippen molar-refractivity contribution >= 4 is 15.2 Å². The first-order valence-corrected chi connectivity index (χ1v) is 10.7. The van der Waals surface area contributed by atoms with Crippen LogP contribution in [0.1, 0.15) is 63.6 Å². The van der Waals surface area contributed by atoms with Gasteiger partial charge in [0.15, 0.2) is 7.60 Å². The van der Waals surface area contributed by atoms with Crippen LogP contribution >= 0.6 is 15.2 Å². The molecule has 0 fully saturated rings. The van der Waals surface area contributed by atoms with E-state index < -0.39 is 31.4 Å². The smallest absolute Gasteiger partial charge is 0.778 e. The molecule has 2 unspecified atom stereocenters. The number of phenols is 1. The maximum atomic E-state index is 11.7. The molecule has 2 atom stereocenters. The van der Waals surface area contributed by atoms with Gasteiger partial charge in [-0.15, -0.1) is 0 Å². The van der Waals surface area contributed by atoms with Gasteiger partial charge in [0.1, 0.15) is 11.1 Å². The fourth-order valence-electron chi connectivity index (χ4n) is 2.52. The predicted molar refractivity (Wildman–Crippen MR) is 90.1 cm³/mol. The number of hydrogen-bond donors (Lipinski definition) is 4. The van der Waals surface area contributed by atoms with Crippen molar-refractivity contribution in [3.05, 3.63) is 28.8 Å². The van der Waals surface area contributed by atoms with Crippen LogP contribution in [0.25, 0.3) is 0 Å². The Bertz CT molecular complexity index is 665.